The highest BCUT2D eigenvalue weighted by molar-refractivity contribution is 6.30. The van der Waals surface area contributed by atoms with Gasteiger partial charge in [0.2, 0.25) is 0 Å². The zero-order valence-electron chi connectivity index (χ0n) is 10.9. The summed E-state index contributed by atoms with van der Waals surface area (Å²) in [5.41, 5.74) is 5.73. The summed E-state index contributed by atoms with van der Waals surface area (Å²) in [6.45, 7) is 4.14. The molecule has 0 fully saturated rings. The fraction of sp³-hybridized carbons (Fsp3) is 0.417. The molecule has 0 radical (unpaired) electrons. The predicted molar refractivity (Wildman–Crippen MR) is 73.4 cm³/mol. The lowest BCUT2D eigenvalue weighted by molar-refractivity contribution is 0.0705. The number of pyridine rings is 1. The molecule has 7 heteroatoms. The molecule has 1 aromatic heterocycles. The summed E-state index contributed by atoms with van der Waals surface area (Å²) in [5.74, 6) is -0.125. The molecule has 0 atom stereocenters. The van der Waals surface area contributed by atoms with Gasteiger partial charge in [0.25, 0.3) is 5.91 Å². The number of oxime groups is 1. The van der Waals surface area contributed by atoms with Gasteiger partial charge in [0.05, 0.1) is 5.02 Å². The van der Waals surface area contributed by atoms with Gasteiger partial charge in [-0.3, -0.25) is 4.79 Å². The molecule has 0 unspecified atom stereocenters. The molecule has 0 spiro atoms. The number of halogens is 1. The summed E-state index contributed by atoms with van der Waals surface area (Å²) in [7, 11) is 0. The van der Waals surface area contributed by atoms with E-state index in [9.17, 15) is 4.79 Å². The summed E-state index contributed by atoms with van der Waals surface area (Å²) >= 11 is 5.73. The van der Waals surface area contributed by atoms with Crippen LogP contribution in [0.2, 0.25) is 5.02 Å². The van der Waals surface area contributed by atoms with Crippen LogP contribution in [0.1, 0.15) is 30.8 Å². The largest absolute Gasteiger partial charge is 0.409 e. The van der Waals surface area contributed by atoms with Crippen molar-refractivity contribution in [1.82, 2.24) is 9.88 Å². The second kappa shape index (κ2) is 6.94. The molecular weight excluding hydrogens is 268 g/mol. The van der Waals surface area contributed by atoms with Crippen LogP contribution in [0.3, 0.4) is 0 Å². The number of carbonyl (C=O) groups is 1. The van der Waals surface area contributed by atoms with E-state index in [1.165, 1.54) is 6.20 Å². The zero-order chi connectivity index (χ0) is 14.4. The normalized spacial score (nSPS) is 11.7. The Morgan fingerprint density at radius 1 is 1.58 bits per heavy atom. The van der Waals surface area contributed by atoms with Crippen molar-refractivity contribution in [2.45, 2.75) is 26.3 Å². The van der Waals surface area contributed by atoms with E-state index in [4.69, 9.17) is 22.5 Å². The average Bonchev–Trinajstić information content (AvgIpc) is 2.38. The standard InChI is InChI=1S/C12H17ClN4O2/c1-8(2)17(6-5-11(14)16-19)12(18)10-4-3-9(13)7-15-10/h3-4,7-8,19H,5-6H2,1-2H3,(H2,14,16). The molecule has 0 aliphatic rings. The molecule has 0 aliphatic carbocycles. The van der Waals surface area contributed by atoms with E-state index in [2.05, 4.69) is 10.1 Å². The van der Waals surface area contributed by atoms with Crippen molar-refractivity contribution in [3.05, 3.63) is 29.0 Å². The smallest absolute Gasteiger partial charge is 0.272 e. The first kappa shape index (κ1) is 15.2. The number of amides is 1. The Bertz CT molecular complexity index is 459. The molecule has 0 aliphatic heterocycles. The number of hydrogen-bond acceptors (Lipinski definition) is 4. The van der Waals surface area contributed by atoms with Gasteiger partial charge in [0.1, 0.15) is 11.5 Å². The molecule has 0 saturated carbocycles. The second-order valence-corrected chi connectivity index (χ2v) is 4.73. The molecule has 3 N–H and O–H groups in total. The van der Waals surface area contributed by atoms with E-state index >= 15 is 0 Å². The minimum atomic E-state index is -0.211. The van der Waals surface area contributed by atoms with Gasteiger partial charge in [-0.15, -0.1) is 0 Å². The Labute approximate surface area is 116 Å². The first-order valence-electron chi connectivity index (χ1n) is 5.84. The van der Waals surface area contributed by atoms with Crippen molar-refractivity contribution in [3.8, 4) is 0 Å². The molecule has 104 valence electrons. The van der Waals surface area contributed by atoms with Gasteiger partial charge in [-0.05, 0) is 26.0 Å². The zero-order valence-corrected chi connectivity index (χ0v) is 11.6. The summed E-state index contributed by atoms with van der Waals surface area (Å²) in [4.78, 5) is 17.9. The van der Waals surface area contributed by atoms with Gasteiger partial charge in [0.15, 0.2) is 0 Å². The topological polar surface area (TPSA) is 91.8 Å². The van der Waals surface area contributed by atoms with Crippen LogP contribution in [0, 0.1) is 0 Å². The number of nitrogens with zero attached hydrogens (tertiary/aromatic N) is 3. The molecule has 19 heavy (non-hydrogen) atoms. The molecule has 1 aromatic rings. The Morgan fingerprint density at radius 3 is 2.74 bits per heavy atom. The molecule has 0 bridgehead atoms. The molecule has 6 nitrogen and oxygen atoms in total. The van der Waals surface area contributed by atoms with Crippen LogP contribution in [0.4, 0.5) is 0 Å². The fourth-order valence-electron chi connectivity index (χ4n) is 1.53. The molecule has 0 aromatic carbocycles. The number of hydrogen-bond donors (Lipinski definition) is 2. The SMILES string of the molecule is CC(C)N(CCC(N)=NO)C(=O)c1ccc(Cl)cn1. The van der Waals surface area contributed by atoms with Crippen LogP contribution >= 0.6 is 11.6 Å². The van der Waals surface area contributed by atoms with Crippen molar-refractivity contribution in [3.63, 3.8) is 0 Å². The molecule has 1 amide bonds. The van der Waals surface area contributed by atoms with Crippen LogP contribution in [-0.4, -0.2) is 39.4 Å². The maximum atomic E-state index is 12.3. The molecule has 1 rings (SSSR count). The van der Waals surface area contributed by atoms with Gasteiger partial charge >= 0.3 is 0 Å². The maximum Gasteiger partial charge on any atom is 0.272 e. The van der Waals surface area contributed by atoms with E-state index in [1.54, 1.807) is 17.0 Å². The molecule has 0 saturated heterocycles. The van der Waals surface area contributed by atoms with Gasteiger partial charge in [0, 0.05) is 25.2 Å². The molecular formula is C12H17ClN4O2. The first-order valence-corrected chi connectivity index (χ1v) is 6.22. The van der Waals surface area contributed by atoms with Crippen LogP contribution in [-0.2, 0) is 0 Å². The van der Waals surface area contributed by atoms with E-state index in [1.807, 2.05) is 13.8 Å². The van der Waals surface area contributed by atoms with Gasteiger partial charge in [-0.2, -0.15) is 0 Å². The Balaban J connectivity index is 2.81. The number of carbonyl (C=O) groups excluding carboxylic acids is 1. The van der Waals surface area contributed by atoms with E-state index in [0.717, 1.165) is 0 Å². The predicted octanol–water partition coefficient (Wildman–Crippen LogP) is 1.72. The highest BCUT2D eigenvalue weighted by atomic mass is 35.5. The summed E-state index contributed by atoms with van der Waals surface area (Å²) in [5, 5.41) is 11.9. The van der Waals surface area contributed by atoms with E-state index < -0.39 is 0 Å². The lowest BCUT2D eigenvalue weighted by atomic mass is 10.2. The highest BCUT2D eigenvalue weighted by Gasteiger charge is 2.19. The van der Waals surface area contributed by atoms with Crippen LogP contribution in [0.5, 0.6) is 0 Å². The third-order valence-corrected chi connectivity index (χ3v) is 2.79. The van der Waals surface area contributed by atoms with Crippen molar-refractivity contribution in [1.29, 1.82) is 0 Å². The van der Waals surface area contributed by atoms with Crippen molar-refractivity contribution in [2.24, 2.45) is 10.9 Å². The minimum absolute atomic E-state index is 0.0172. The average molecular weight is 285 g/mol. The monoisotopic (exact) mass is 284 g/mol. The van der Waals surface area contributed by atoms with Crippen LogP contribution < -0.4 is 5.73 Å². The number of amidine groups is 1. The van der Waals surface area contributed by atoms with E-state index in [0.29, 0.717) is 23.7 Å². The Morgan fingerprint density at radius 2 is 2.26 bits per heavy atom. The highest BCUT2D eigenvalue weighted by Crippen LogP contribution is 2.10. The van der Waals surface area contributed by atoms with Crippen molar-refractivity contribution in [2.75, 3.05) is 6.54 Å². The Kier molecular flexibility index (Phi) is 5.57. The lowest BCUT2D eigenvalue weighted by Gasteiger charge is -2.26. The first-order chi connectivity index (χ1) is 8.95. The fourth-order valence-corrected chi connectivity index (χ4v) is 1.64. The van der Waals surface area contributed by atoms with Crippen molar-refractivity contribution < 1.29 is 10.0 Å². The van der Waals surface area contributed by atoms with Crippen molar-refractivity contribution >= 4 is 23.3 Å². The third kappa shape index (κ3) is 4.40. The summed E-state index contributed by atoms with van der Waals surface area (Å²) in [6.07, 6.45) is 1.73. The maximum absolute atomic E-state index is 12.3. The van der Waals surface area contributed by atoms with E-state index in [-0.39, 0.29) is 17.8 Å². The summed E-state index contributed by atoms with van der Waals surface area (Å²) < 4.78 is 0. The third-order valence-electron chi connectivity index (χ3n) is 2.57. The Hall–Kier alpha value is -1.82. The van der Waals surface area contributed by atoms with Crippen LogP contribution in [0.15, 0.2) is 23.5 Å². The van der Waals surface area contributed by atoms with Crippen LogP contribution in [0.25, 0.3) is 0 Å². The quantitative estimate of drug-likeness (QED) is 0.373. The molecule has 1 heterocycles. The lowest BCUT2D eigenvalue weighted by Crippen LogP contribution is -2.39. The minimum Gasteiger partial charge on any atom is -0.409 e. The second-order valence-electron chi connectivity index (χ2n) is 4.30. The summed E-state index contributed by atoms with van der Waals surface area (Å²) in [6, 6.07) is 3.17. The van der Waals surface area contributed by atoms with Gasteiger partial charge in [-0.25, -0.2) is 4.98 Å². The number of rotatable bonds is 5. The number of nitrogens with two attached hydrogens (primary N) is 1. The number of aromatic nitrogens is 1. The van der Waals surface area contributed by atoms with Gasteiger partial charge in [-0.1, -0.05) is 16.8 Å². The van der Waals surface area contributed by atoms with Gasteiger partial charge < -0.3 is 15.8 Å².